The number of phosphoric ester groups is 1. The van der Waals surface area contributed by atoms with Crippen LogP contribution < -0.4 is 0 Å². The van der Waals surface area contributed by atoms with Gasteiger partial charge in [-0.25, -0.2) is 4.57 Å². The summed E-state index contributed by atoms with van der Waals surface area (Å²) in [6, 6.07) is 0. The van der Waals surface area contributed by atoms with Gasteiger partial charge in [-0.3, -0.25) is 4.52 Å². The van der Waals surface area contributed by atoms with Gasteiger partial charge in [-0.15, -0.1) is 0 Å². The van der Waals surface area contributed by atoms with E-state index in [0.717, 1.165) is 12.8 Å². The highest BCUT2D eigenvalue weighted by molar-refractivity contribution is 7.46. The van der Waals surface area contributed by atoms with Gasteiger partial charge in [0.25, 0.3) is 0 Å². The molecule has 5 heteroatoms. The van der Waals surface area contributed by atoms with Gasteiger partial charge in [0, 0.05) is 0 Å². The number of phosphoric acid groups is 1. The van der Waals surface area contributed by atoms with E-state index in [1.165, 1.54) is 5.57 Å². The lowest BCUT2D eigenvalue weighted by Gasteiger charge is -2.10. The van der Waals surface area contributed by atoms with Crippen molar-refractivity contribution in [3.63, 3.8) is 0 Å². The number of hydrogen-bond donors (Lipinski definition) is 2. The van der Waals surface area contributed by atoms with Crippen LogP contribution >= 0.6 is 7.82 Å². The van der Waals surface area contributed by atoms with Gasteiger partial charge in [-0.05, 0) is 39.0 Å². The molecule has 0 aromatic heterocycles. The molecule has 2 N–H and O–H groups in total. The quantitative estimate of drug-likeness (QED) is 0.527. The molecule has 0 fully saturated rings. The Labute approximate surface area is 91.6 Å². The maximum atomic E-state index is 10.4. The predicted octanol–water partition coefficient (Wildman–Crippen LogP) is 2.87. The van der Waals surface area contributed by atoms with E-state index in [-0.39, 0.29) is 6.61 Å². The van der Waals surface area contributed by atoms with Crippen LogP contribution in [-0.4, -0.2) is 16.4 Å². The molecule has 0 aliphatic carbocycles. The fourth-order valence-electron chi connectivity index (χ4n) is 1.17. The molecule has 0 radical (unpaired) electrons. The SMILES string of the molecule is CC(C)=CCCC(C)CCOP(=O)(O)O. The van der Waals surface area contributed by atoms with Crippen LogP contribution in [0.25, 0.3) is 0 Å². The average molecular weight is 236 g/mol. The molecule has 1 unspecified atom stereocenters. The molecule has 0 saturated heterocycles. The van der Waals surface area contributed by atoms with Crippen LogP contribution in [0.5, 0.6) is 0 Å². The molecule has 0 rings (SSSR count). The van der Waals surface area contributed by atoms with Gasteiger partial charge >= 0.3 is 7.82 Å². The van der Waals surface area contributed by atoms with Crippen molar-refractivity contribution < 1.29 is 18.9 Å². The van der Waals surface area contributed by atoms with Crippen molar-refractivity contribution >= 4 is 7.82 Å². The molecule has 0 spiro atoms. The van der Waals surface area contributed by atoms with Gasteiger partial charge in [0.05, 0.1) is 6.61 Å². The Morgan fingerprint density at radius 2 is 2.00 bits per heavy atom. The second-order valence-electron chi connectivity index (χ2n) is 4.08. The molecule has 0 aliphatic heterocycles. The highest BCUT2D eigenvalue weighted by Gasteiger charge is 2.13. The molecule has 0 aromatic rings. The van der Waals surface area contributed by atoms with Crippen molar-refractivity contribution in [1.29, 1.82) is 0 Å². The van der Waals surface area contributed by atoms with Crippen molar-refractivity contribution in [2.45, 2.75) is 40.0 Å². The molecule has 90 valence electrons. The Balaban J connectivity index is 3.54. The third kappa shape index (κ3) is 11.8. The number of rotatable bonds is 7. The Kier molecular flexibility index (Phi) is 7.11. The van der Waals surface area contributed by atoms with E-state index < -0.39 is 7.82 Å². The Morgan fingerprint density at radius 3 is 2.47 bits per heavy atom. The molecule has 0 saturated carbocycles. The second-order valence-corrected chi connectivity index (χ2v) is 5.32. The maximum absolute atomic E-state index is 10.4. The first kappa shape index (κ1) is 14.8. The van der Waals surface area contributed by atoms with Crippen molar-refractivity contribution in [2.75, 3.05) is 6.61 Å². The Bertz CT molecular complexity index is 240. The van der Waals surface area contributed by atoms with E-state index in [1.54, 1.807) is 0 Å². The number of hydrogen-bond acceptors (Lipinski definition) is 2. The van der Waals surface area contributed by atoms with Crippen molar-refractivity contribution in [3.05, 3.63) is 11.6 Å². The van der Waals surface area contributed by atoms with Crippen LogP contribution in [0.15, 0.2) is 11.6 Å². The first-order chi connectivity index (χ1) is 6.81. The molecule has 0 aliphatic rings. The van der Waals surface area contributed by atoms with Crippen molar-refractivity contribution in [3.8, 4) is 0 Å². The fourth-order valence-corrected chi connectivity index (χ4v) is 1.52. The van der Waals surface area contributed by atoms with Gasteiger partial charge in [-0.1, -0.05) is 18.6 Å². The zero-order valence-electron chi connectivity index (χ0n) is 9.64. The minimum atomic E-state index is -4.28. The molecule has 0 aromatic carbocycles. The minimum absolute atomic E-state index is 0.125. The van der Waals surface area contributed by atoms with Crippen LogP contribution in [-0.2, 0) is 9.09 Å². The van der Waals surface area contributed by atoms with Gasteiger partial charge in [-0.2, -0.15) is 0 Å². The van der Waals surface area contributed by atoms with E-state index >= 15 is 0 Å². The molecular weight excluding hydrogens is 215 g/mol. The highest BCUT2D eigenvalue weighted by atomic mass is 31.2. The zero-order chi connectivity index (χ0) is 11.9. The van der Waals surface area contributed by atoms with Gasteiger partial charge in [0.2, 0.25) is 0 Å². The average Bonchev–Trinajstić information content (AvgIpc) is 2.00. The fraction of sp³-hybridized carbons (Fsp3) is 0.800. The first-order valence-corrected chi connectivity index (χ1v) is 6.67. The number of allylic oxidation sites excluding steroid dienone is 2. The summed E-state index contributed by atoms with van der Waals surface area (Å²) in [5.41, 5.74) is 1.30. The Hall–Kier alpha value is -0.150. The van der Waals surface area contributed by atoms with Crippen LogP contribution in [0.1, 0.15) is 40.0 Å². The van der Waals surface area contributed by atoms with Crippen LogP contribution in [0.3, 0.4) is 0 Å². The normalized spacial score (nSPS) is 13.7. The van der Waals surface area contributed by atoms with Crippen molar-refractivity contribution in [1.82, 2.24) is 0 Å². The van der Waals surface area contributed by atoms with E-state index in [2.05, 4.69) is 31.4 Å². The lowest BCUT2D eigenvalue weighted by molar-refractivity contribution is 0.185. The molecule has 0 amide bonds. The van der Waals surface area contributed by atoms with E-state index in [0.29, 0.717) is 12.3 Å². The largest absolute Gasteiger partial charge is 0.469 e. The zero-order valence-corrected chi connectivity index (χ0v) is 10.5. The van der Waals surface area contributed by atoms with Crippen LogP contribution in [0.2, 0.25) is 0 Å². The van der Waals surface area contributed by atoms with E-state index in [1.807, 2.05) is 0 Å². The highest BCUT2D eigenvalue weighted by Crippen LogP contribution is 2.36. The summed E-state index contributed by atoms with van der Waals surface area (Å²) in [6.45, 7) is 6.30. The predicted molar refractivity (Wildman–Crippen MR) is 60.4 cm³/mol. The van der Waals surface area contributed by atoms with Gasteiger partial charge in [0.1, 0.15) is 0 Å². The summed E-state index contributed by atoms with van der Waals surface area (Å²) in [6.07, 6.45) is 4.89. The molecule has 4 nitrogen and oxygen atoms in total. The summed E-state index contributed by atoms with van der Waals surface area (Å²) < 4.78 is 14.8. The summed E-state index contributed by atoms with van der Waals surface area (Å²) in [4.78, 5) is 16.9. The first-order valence-electron chi connectivity index (χ1n) is 5.14. The lowest BCUT2D eigenvalue weighted by atomic mass is 10.0. The Morgan fingerprint density at radius 1 is 1.40 bits per heavy atom. The second kappa shape index (κ2) is 7.18. The van der Waals surface area contributed by atoms with E-state index in [9.17, 15) is 4.57 Å². The monoisotopic (exact) mass is 236 g/mol. The molecule has 15 heavy (non-hydrogen) atoms. The van der Waals surface area contributed by atoms with Gasteiger partial charge < -0.3 is 9.79 Å². The smallest absolute Gasteiger partial charge is 0.303 e. The topological polar surface area (TPSA) is 66.8 Å². The summed E-state index contributed by atoms with van der Waals surface area (Å²) >= 11 is 0. The van der Waals surface area contributed by atoms with Crippen LogP contribution in [0.4, 0.5) is 0 Å². The van der Waals surface area contributed by atoms with Gasteiger partial charge in [0.15, 0.2) is 0 Å². The summed E-state index contributed by atoms with van der Waals surface area (Å²) in [7, 11) is -4.28. The minimum Gasteiger partial charge on any atom is -0.303 e. The standard InChI is InChI=1S/C10H21O4P/c1-9(2)5-4-6-10(3)7-8-14-15(11,12)13/h5,10H,4,6-8H2,1-3H3,(H2,11,12,13). The summed E-state index contributed by atoms with van der Waals surface area (Å²) in [5.74, 6) is 0.423. The third-order valence-corrected chi connectivity index (χ3v) is 2.60. The summed E-state index contributed by atoms with van der Waals surface area (Å²) in [5, 5.41) is 0. The van der Waals surface area contributed by atoms with Crippen LogP contribution in [0, 0.1) is 5.92 Å². The van der Waals surface area contributed by atoms with E-state index in [4.69, 9.17) is 9.79 Å². The van der Waals surface area contributed by atoms with Crippen molar-refractivity contribution in [2.24, 2.45) is 5.92 Å². The molecule has 0 bridgehead atoms. The molecule has 1 atom stereocenters. The molecule has 0 heterocycles. The lowest BCUT2D eigenvalue weighted by Crippen LogP contribution is -2.00. The third-order valence-electron chi connectivity index (χ3n) is 2.08. The maximum Gasteiger partial charge on any atom is 0.469 e. The molecular formula is C10H21O4P.